The average Bonchev–Trinajstić information content (AvgIpc) is 3.18. The molecule has 0 spiro atoms. The first-order valence-electron chi connectivity index (χ1n) is 13.4. The number of hydrogen-bond donors (Lipinski definition) is 1. The Hall–Kier alpha value is -3.55. The van der Waals surface area contributed by atoms with Crippen LogP contribution in [0.25, 0.3) is 11.1 Å². The van der Waals surface area contributed by atoms with Crippen LogP contribution in [-0.2, 0) is 14.3 Å². The van der Waals surface area contributed by atoms with Crippen LogP contribution < -0.4 is 0 Å². The van der Waals surface area contributed by atoms with Gasteiger partial charge in [0.15, 0.2) is 0 Å². The molecule has 1 fully saturated rings. The fourth-order valence-electron chi connectivity index (χ4n) is 5.42. The van der Waals surface area contributed by atoms with Gasteiger partial charge in [-0.25, -0.2) is 9.59 Å². The number of carbonyl (C=O) groups is 3. The van der Waals surface area contributed by atoms with Crippen molar-refractivity contribution >= 4 is 18.2 Å². The van der Waals surface area contributed by atoms with Gasteiger partial charge in [-0.2, -0.15) is 0 Å². The van der Waals surface area contributed by atoms with E-state index in [4.69, 9.17) is 14.6 Å². The van der Waals surface area contributed by atoms with Gasteiger partial charge < -0.3 is 24.4 Å². The molecule has 1 heterocycles. The van der Waals surface area contributed by atoms with Crippen molar-refractivity contribution in [2.45, 2.75) is 77.0 Å². The van der Waals surface area contributed by atoms with Crippen LogP contribution in [0.4, 0.5) is 9.59 Å². The highest BCUT2D eigenvalue weighted by atomic mass is 16.6. The molecule has 1 aliphatic heterocycles. The standard InChI is InChI=1S/C30H38N2O6/c1-20-15-16-21(18-32(20)29(36)38-30(2,3)4)31(17-9-14-27(33)34)28(35)37-19-26-24-12-7-5-10-22(24)23-11-6-8-13-25(23)26/h5-8,10-13,20-21,26H,9,14-19H2,1-4H3,(H,33,34). The van der Waals surface area contributed by atoms with Gasteiger partial charge in [0.2, 0.25) is 0 Å². The van der Waals surface area contributed by atoms with Crippen LogP contribution >= 0.6 is 0 Å². The van der Waals surface area contributed by atoms with E-state index in [0.717, 1.165) is 22.3 Å². The van der Waals surface area contributed by atoms with Crippen LogP contribution in [0.15, 0.2) is 48.5 Å². The molecule has 0 saturated carbocycles. The van der Waals surface area contributed by atoms with Crippen molar-refractivity contribution in [1.82, 2.24) is 9.80 Å². The molecule has 8 heteroatoms. The fourth-order valence-corrected chi connectivity index (χ4v) is 5.42. The van der Waals surface area contributed by atoms with Crippen molar-refractivity contribution < 1.29 is 29.0 Å². The lowest BCUT2D eigenvalue weighted by molar-refractivity contribution is -0.137. The van der Waals surface area contributed by atoms with Crippen molar-refractivity contribution in [2.75, 3.05) is 19.7 Å². The van der Waals surface area contributed by atoms with Gasteiger partial charge in [-0.1, -0.05) is 48.5 Å². The number of benzene rings is 2. The molecule has 2 aliphatic rings. The third kappa shape index (κ3) is 6.29. The van der Waals surface area contributed by atoms with Crippen LogP contribution in [0.5, 0.6) is 0 Å². The van der Waals surface area contributed by atoms with Gasteiger partial charge >= 0.3 is 18.2 Å². The van der Waals surface area contributed by atoms with E-state index in [2.05, 4.69) is 24.3 Å². The molecule has 8 nitrogen and oxygen atoms in total. The lowest BCUT2D eigenvalue weighted by Gasteiger charge is -2.42. The van der Waals surface area contributed by atoms with Crippen molar-refractivity contribution in [3.63, 3.8) is 0 Å². The first-order chi connectivity index (χ1) is 18.0. The molecule has 0 radical (unpaired) electrons. The second-order valence-electron chi connectivity index (χ2n) is 11.2. The number of ether oxygens (including phenoxy) is 2. The lowest BCUT2D eigenvalue weighted by atomic mass is 9.98. The number of carboxylic acid groups (broad SMARTS) is 1. The number of nitrogens with zero attached hydrogens (tertiary/aromatic N) is 2. The number of likely N-dealkylation sites (tertiary alicyclic amines) is 1. The Bertz CT molecular complexity index is 1130. The summed E-state index contributed by atoms with van der Waals surface area (Å²) in [5.41, 5.74) is 3.93. The maximum atomic E-state index is 13.5. The highest BCUT2D eigenvalue weighted by Crippen LogP contribution is 2.44. The maximum absolute atomic E-state index is 13.5. The molecule has 2 aromatic carbocycles. The van der Waals surface area contributed by atoms with E-state index in [1.807, 2.05) is 52.0 Å². The Morgan fingerprint density at radius 1 is 1.00 bits per heavy atom. The highest BCUT2D eigenvalue weighted by Gasteiger charge is 2.37. The zero-order chi connectivity index (χ0) is 27.4. The van der Waals surface area contributed by atoms with Gasteiger partial charge in [0.1, 0.15) is 12.2 Å². The monoisotopic (exact) mass is 522 g/mol. The van der Waals surface area contributed by atoms with Gasteiger partial charge in [-0.3, -0.25) is 4.79 Å². The molecule has 1 saturated heterocycles. The van der Waals surface area contributed by atoms with E-state index in [1.54, 1.807) is 9.80 Å². The van der Waals surface area contributed by atoms with Crippen LogP contribution in [0.2, 0.25) is 0 Å². The normalized spacial score (nSPS) is 18.9. The predicted octanol–water partition coefficient (Wildman–Crippen LogP) is 5.89. The van der Waals surface area contributed by atoms with Crippen LogP contribution in [0, 0.1) is 0 Å². The Labute approximate surface area is 224 Å². The highest BCUT2D eigenvalue weighted by molar-refractivity contribution is 5.79. The zero-order valence-corrected chi connectivity index (χ0v) is 22.7. The lowest BCUT2D eigenvalue weighted by Crippen LogP contribution is -2.55. The number of aliphatic carboxylic acids is 1. The first-order valence-corrected chi connectivity index (χ1v) is 13.4. The van der Waals surface area contributed by atoms with Gasteiger partial charge in [0.05, 0.1) is 6.04 Å². The second-order valence-corrected chi connectivity index (χ2v) is 11.2. The molecular formula is C30H38N2O6. The molecule has 0 aromatic heterocycles. The molecule has 2 amide bonds. The Morgan fingerprint density at radius 2 is 1.61 bits per heavy atom. The summed E-state index contributed by atoms with van der Waals surface area (Å²) in [5, 5.41) is 9.16. The molecule has 0 bridgehead atoms. The summed E-state index contributed by atoms with van der Waals surface area (Å²) >= 11 is 0. The topological polar surface area (TPSA) is 96.4 Å². The number of fused-ring (bicyclic) bond motifs is 3. The van der Waals surface area contributed by atoms with Crippen molar-refractivity contribution in [3.05, 3.63) is 59.7 Å². The Kier molecular flexibility index (Phi) is 8.29. The maximum Gasteiger partial charge on any atom is 0.410 e. The summed E-state index contributed by atoms with van der Waals surface area (Å²) in [5.74, 6) is -0.984. The summed E-state index contributed by atoms with van der Waals surface area (Å²) in [7, 11) is 0. The summed E-state index contributed by atoms with van der Waals surface area (Å²) in [6.07, 6.45) is 0.756. The molecule has 38 heavy (non-hydrogen) atoms. The van der Waals surface area contributed by atoms with E-state index >= 15 is 0 Å². The van der Waals surface area contributed by atoms with Crippen molar-refractivity contribution in [2.24, 2.45) is 0 Å². The third-order valence-corrected chi connectivity index (χ3v) is 7.29. The SMILES string of the molecule is CC1CCC(N(CCCC(=O)O)C(=O)OCC2c3ccccc3-c3ccccc32)CN1C(=O)OC(C)(C)C. The van der Waals surface area contributed by atoms with E-state index in [0.29, 0.717) is 25.8 Å². The van der Waals surface area contributed by atoms with Gasteiger partial charge in [0.25, 0.3) is 0 Å². The minimum atomic E-state index is -0.912. The Morgan fingerprint density at radius 3 is 2.18 bits per heavy atom. The predicted molar refractivity (Wildman–Crippen MR) is 144 cm³/mol. The number of carbonyl (C=O) groups excluding carboxylic acids is 2. The van der Waals surface area contributed by atoms with Gasteiger partial charge in [0, 0.05) is 31.5 Å². The van der Waals surface area contributed by atoms with E-state index in [1.165, 1.54) is 0 Å². The number of hydrogen-bond acceptors (Lipinski definition) is 5. The summed E-state index contributed by atoms with van der Waals surface area (Å²) < 4.78 is 11.5. The molecule has 1 aliphatic carbocycles. The van der Waals surface area contributed by atoms with Gasteiger partial charge in [-0.05, 0) is 69.2 Å². The van der Waals surface area contributed by atoms with E-state index in [9.17, 15) is 14.4 Å². The minimum absolute atomic E-state index is 0.0236. The van der Waals surface area contributed by atoms with Crippen LogP contribution in [0.1, 0.15) is 70.4 Å². The minimum Gasteiger partial charge on any atom is -0.481 e. The van der Waals surface area contributed by atoms with Gasteiger partial charge in [-0.15, -0.1) is 0 Å². The van der Waals surface area contributed by atoms with E-state index in [-0.39, 0.29) is 37.6 Å². The smallest absolute Gasteiger partial charge is 0.410 e. The summed E-state index contributed by atoms with van der Waals surface area (Å²) in [6, 6.07) is 16.0. The largest absolute Gasteiger partial charge is 0.481 e. The molecule has 2 aromatic rings. The molecule has 2 unspecified atom stereocenters. The first kappa shape index (κ1) is 27.5. The quantitative estimate of drug-likeness (QED) is 0.487. The molecular weight excluding hydrogens is 484 g/mol. The van der Waals surface area contributed by atoms with Crippen molar-refractivity contribution in [3.8, 4) is 11.1 Å². The summed E-state index contributed by atoms with van der Waals surface area (Å²) in [6.45, 7) is 8.19. The Balaban J connectivity index is 1.49. The number of carboxylic acids is 1. The third-order valence-electron chi connectivity index (χ3n) is 7.29. The second kappa shape index (κ2) is 11.5. The number of amides is 2. The fraction of sp³-hybridized carbons (Fsp3) is 0.500. The van der Waals surface area contributed by atoms with Crippen LogP contribution in [-0.4, -0.2) is 70.4 Å². The van der Waals surface area contributed by atoms with Crippen LogP contribution in [0.3, 0.4) is 0 Å². The number of piperidine rings is 1. The molecule has 204 valence electrons. The summed E-state index contributed by atoms with van der Waals surface area (Å²) in [4.78, 5) is 40.8. The zero-order valence-electron chi connectivity index (χ0n) is 22.7. The number of rotatable bonds is 7. The van der Waals surface area contributed by atoms with E-state index < -0.39 is 23.8 Å². The molecule has 4 rings (SSSR count). The molecule has 2 atom stereocenters. The van der Waals surface area contributed by atoms with Crippen molar-refractivity contribution in [1.29, 1.82) is 0 Å². The molecule has 1 N–H and O–H groups in total. The average molecular weight is 523 g/mol.